The molecule has 4 rings (SSSR count). The van der Waals surface area contributed by atoms with E-state index < -0.39 is 11.7 Å². The van der Waals surface area contributed by atoms with Gasteiger partial charge in [-0.3, -0.25) is 14.2 Å². The van der Waals surface area contributed by atoms with Gasteiger partial charge in [-0.15, -0.1) is 0 Å². The predicted octanol–water partition coefficient (Wildman–Crippen LogP) is 3.65. The number of imidazole rings is 1. The van der Waals surface area contributed by atoms with Gasteiger partial charge in [0.15, 0.2) is 0 Å². The Morgan fingerprint density at radius 2 is 1.92 bits per heavy atom. The molecule has 3 aromatic rings. The number of hydrogen-bond donors (Lipinski definition) is 0. The first kappa shape index (κ1) is 16.6. The first-order valence-electron chi connectivity index (χ1n) is 8.24. The van der Waals surface area contributed by atoms with Crippen LogP contribution in [-0.4, -0.2) is 38.3 Å². The topological polar surface area (TPSA) is 50.5 Å². The molecule has 0 N–H and O–H groups in total. The molecule has 1 aromatic carbocycles. The van der Waals surface area contributed by atoms with Crippen LogP contribution in [0.1, 0.15) is 29.0 Å². The van der Waals surface area contributed by atoms with Gasteiger partial charge in [-0.25, -0.2) is 4.98 Å². The van der Waals surface area contributed by atoms with Crippen LogP contribution in [0.3, 0.4) is 0 Å². The van der Waals surface area contributed by atoms with Crippen LogP contribution in [0.5, 0.6) is 0 Å². The average Bonchev–Trinajstić information content (AvgIpc) is 3.29. The number of fused-ring (bicyclic) bond motifs is 1. The smallest absolute Gasteiger partial charge is 0.336 e. The molecule has 0 unspecified atom stereocenters. The lowest BCUT2D eigenvalue weighted by Gasteiger charge is -2.13. The van der Waals surface area contributed by atoms with Crippen LogP contribution in [0, 0.1) is 0 Å². The van der Waals surface area contributed by atoms with E-state index in [9.17, 15) is 18.0 Å². The highest BCUT2D eigenvalue weighted by Gasteiger charge is 2.31. The third kappa shape index (κ3) is 2.81. The second kappa shape index (κ2) is 6.12. The van der Waals surface area contributed by atoms with E-state index in [2.05, 4.69) is 9.97 Å². The number of rotatable bonds is 2. The summed E-state index contributed by atoms with van der Waals surface area (Å²) in [5.41, 5.74) is 0.347. The van der Waals surface area contributed by atoms with Crippen molar-refractivity contribution >= 4 is 11.4 Å². The fourth-order valence-electron chi connectivity index (χ4n) is 3.21. The zero-order valence-corrected chi connectivity index (χ0v) is 13.7. The maximum absolute atomic E-state index is 13.0. The average molecular weight is 360 g/mol. The Morgan fingerprint density at radius 3 is 2.65 bits per heavy atom. The summed E-state index contributed by atoms with van der Waals surface area (Å²) in [6.07, 6.45) is 2.06. The van der Waals surface area contributed by atoms with Crippen molar-refractivity contribution in [3.05, 3.63) is 54.2 Å². The third-order valence-corrected chi connectivity index (χ3v) is 4.49. The molecule has 0 atom stereocenters. The predicted molar refractivity (Wildman–Crippen MR) is 88.6 cm³/mol. The number of carbonyl (C=O) groups is 1. The molecule has 26 heavy (non-hydrogen) atoms. The Kier molecular flexibility index (Phi) is 3.90. The maximum atomic E-state index is 13.0. The van der Waals surface area contributed by atoms with Gasteiger partial charge in [0.2, 0.25) is 5.82 Å². The summed E-state index contributed by atoms with van der Waals surface area (Å²) in [7, 11) is 0. The van der Waals surface area contributed by atoms with E-state index in [1.54, 1.807) is 21.6 Å². The van der Waals surface area contributed by atoms with Gasteiger partial charge in [-0.2, -0.15) is 13.2 Å². The lowest BCUT2D eigenvalue weighted by molar-refractivity contribution is -0.137. The van der Waals surface area contributed by atoms with E-state index in [0.29, 0.717) is 29.9 Å². The van der Waals surface area contributed by atoms with Crippen molar-refractivity contribution in [1.82, 2.24) is 19.3 Å². The zero-order chi connectivity index (χ0) is 18.3. The number of amides is 1. The molecule has 0 radical (unpaired) electrons. The SMILES string of the molecule is O=C(c1nc(-c2cccc(C(F)(F)F)c2)c2cnccn12)N1CCCC1. The normalized spacial score (nSPS) is 15.0. The highest BCUT2D eigenvalue weighted by atomic mass is 19.4. The minimum atomic E-state index is -4.45. The fraction of sp³-hybridized carbons (Fsp3) is 0.278. The van der Waals surface area contributed by atoms with Gasteiger partial charge in [0.05, 0.1) is 23.0 Å². The number of halogens is 3. The van der Waals surface area contributed by atoms with Crippen LogP contribution in [-0.2, 0) is 6.18 Å². The number of nitrogens with zero attached hydrogens (tertiary/aromatic N) is 4. The van der Waals surface area contributed by atoms with Gasteiger partial charge >= 0.3 is 6.18 Å². The molecule has 8 heteroatoms. The van der Waals surface area contributed by atoms with E-state index in [4.69, 9.17) is 0 Å². The Hall–Kier alpha value is -2.90. The molecular weight excluding hydrogens is 345 g/mol. The highest BCUT2D eigenvalue weighted by molar-refractivity contribution is 5.94. The van der Waals surface area contributed by atoms with E-state index in [1.807, 2.05) is 0 Å². The van der Waals surface area contributed by atoms with E-state index in [-0.39, 0.29) is 11.7 Å². The Labute approximate surface area is 147 Å². The number of carbonyl (C=O) groups excluding carboxylic acids is 1. The van der Waals surface area contributed by atoms with E-state index in [1.165, 1.54) is 18.5 Å². The number of likely N-dealkylation sites (tertiary alicyclic amines) is 1. The Morgan fingerprint density at radius 1 is 1.15 bits per heavy atom. The summed E-state index contributed by atoms with van der Waals surface area (Å²) in [4.78, 5) is 22.9. The molecule has 0 bridgehead atoms. The molecule has 5 nitrogen and oxygen atoms in total. The van der Waals surface area contributed by atoms with Crippen molar-refractivity contribution in [1.29, 1.82) is 0 Å². The summed E-state index contributed by atoms with van der Waals surface area (Å²) in [5.74, 6) is -0.0290. The molecule has 3 heterocycles. The van der Waals surface area contributed by atoms with Gasteiger partial charge in [0.25, 0.3) is 5.91 Å². The molecule has 1 amide bonds. The summed E-state index contributed by atoms with van der Waals surface area (Å²) >= 11 is 0. The van der Waals surface area contributed by atoms with Crippen molar-refractivity contribution in [3.8, 4) is 11.3 Å². The Balaban J connectivity index is 1.85. The Bertz CT molecular complexity index is 974. The lowest BCUT2D eigenvalue weighted by Crippen LogP contribution is -2.29. The third-order valence-electron chi connectivity index (χ3n) is 4.49. The van der Waals surface area contributed by atoms with Gasteiger partial charge in [-0.05, 0) is 25.0 Å². The first-order valence-corrected chi connectivity index (χ1v) is 8.24. The fourth-order valence-corrected chi connectivity index (χ4v) is 3.21. The zero-order valence-electron chi connectivity index (χ0n) is 13.7. The number of hydrogen-bond acceptors (Lipinski definition) is 3. The van der Waals surface area contributed by atoms with Crippen molar-refractivity contribution in [3.63, 3.8) is 0 Å². The largest absolute Gasteiger partial charge is 0.416 e. The summed E-state index contributed by atoms with van der Waals surface area (Å²) < 4.78 is 40.7. The molecule has 0 aliphatic carbocycles. The molecule has 0 saturated carbocycles. The monoisotopic (exact) mass is 360 g/mol. The maximum Gasteiger partial charge on any atom is 0.416 e. The van der Waals surface area contributed by atoms with Crippen molar-refractivity contribution < 1.29 is 18.0 Å². The molecule has 0 spiro atoms. The van der Waals surface area contributed by atoms with E-state index in [0.717, 1.165) is 25.0 Å². The lowest BCUT2D eigenvalue weighted by atomic mass is 10.1. The van der Waals surface area contributed by atoms with Gasteiger partial charge in [0.1, 0.15) is 0 Å². The summed E-state index contributed by atoms with van der Waals surface area (Å²) in [6.45, 7) is 1.33. The molecule has 1 saturated heterocycles. The molecular formula is C18H15F3N4O. The van der Waals surface area contributed by atoms with Crippen LogP contribution in [0.25, 0.3) is 16.8 Å². The van der Waals surface area contributed by atoms with Crippen molar-refractivity contribution in [2.24, 2.45) is 0 Å². The second-order valence-corrected chi connectivity index (χ2v) is 6.19. The van der Waals surface area contributed by atoms with Gasteiger partial charge in [0, 0.05) is 31.0 Å². The minimum Gasteiger partial charge on any atom is -0.336 e. The van der Waals surface area contributed by atoms with Crippen LogP contribution in [0.2, 0.25) is 0 Å². The van der Waals surface area contributed by atoms with Crippen molar-refractivity contribution in [2.75, 3.05) is 13.1 Å². The quantitative estimate of drug-likeness (QED) is 0.701. The minimum absolute atomic E-state index is 0.191. The van der Waals surface area contributed by atoms with Crippen LogP contribution in [0.15, 0.2) is 42.9 Å². The second-order valence-electron chi connectivity index (χ2n) is 6.19. The van der Waals surface area contributed by atoms with Crippen LogP contribution in [0.4, 0.5) is 13.2 Å². The van der Waals surface area contributed by atoms with Crippen molar-refractivity contribution in [2.45, 2.75) is 19.0 Å². The molecule has 1 aliphatic heterocycles. The number of alkyl halides is 3. The molecule has 2 aromatic heterocycles. The summed E-state index contributed by atoms with van der Waals surface area (Å²) in [5, 5.41) is 0. The standard InChI is InChI=1S/C18H15F3N4O/c19-18(20,21)13-5-3-4-12(10-13)15-14-11-22-6-9-25(14)16(23-15)17(26)24-7-1-2-8-24/h3-6,9-11H,1-2,7-8H2. The molecule has 1 aliphatic rings. The number of benzene rings is 1. The number of aromatic nitrogens is 3. The van der Waals surface area contributed by atoms with Crippen LogP contribution < -0.4 is 0 Å². The van der Waals surface area contributed by atoms with Crippen LogP contribution >= 0.6 is 0 Å². The highest BCUT2D eigenvalue weighted by Crippen LogP contribution is 2.33. The van der Waals surface area contributed by atoms with Gasteiger partial charge < -0.3 is 4.90 Å². The first-order chi connectivity index (χ1) is 12.4. The van der Waals surface area contributed by atoms with E-state index >= 15 is 0 Å². The van der Waals surface area contributed by atoms with Gasteiger partial charge in [-0.1, -0.05) is 12.1 Å². The summed E-state index contributed by atoms with van der Waals surface area (Å²) in [6, 6.07) is 4.94. The molecule has 134 valence electrons. The molecule has 1 fully saturated rings.